The second kappa shape index (κ2) is 18.2. The summed E-state index contributed by atoms with van der Waals surface area (Å²) in [5.74, 6) is 3.64. The summed E-state index contributed by atoms with van der Waals surface area (Å²) >= 11 is 0. The van der Waals surface area contributed by atoms with E-state index in [1.165, 1.54) is 133 Å². The molecule has 1 heterocycles. The summed E-state index contributed by atoms with van der Waals surface area (Å²) in [5.41, 5.74) is 0. The van der Waals surface area contributed by atoms with Crippen molar-refractivity contribution in [2.45, 2.75) is 149 Å². The van der Waals surface area contributed by atoms with Crippen LogP contribution in [0.5, 0.6) is 0 Å². The molecule has 4 atom stereocenters. The molecule has 3 nitrogen and oxygen atoms in total. The first kappa shape index (κ1) is 30.1. The van der Waals surface area contributed by atoms with Crippen LogP contribution >= 0.6 is 0 Å². The van der Waals surface area contributed by atoms with Crippen molar-refractivity contribution in [2.75, 3.05) is 6.54 Å². The van der Waals surface area contributed by atoms with Gasteiger partial charge >= 0.3 is 0 Å². The van der Waals surface area contributed by atoms with Crippen LogP contribution in [0.1, 0.15) is 149 Å². The molecule has 0 aromatic rings. The first-order chi connectivity index (χ1) is 17.1. The number of carbonyl (C=O) groups is 2. The number of rotatable bonds is 20. The van der Waals surface area contributed by atoms with Crippen molar-refractivity contribution in [1.29, 1.82) is 0 Å². The van der Waals surface area contributed by atoms with E-state index in [1.54, 1.807) is 0 Å². The average Bonchev–Trinajstić information content (AvgIpc) is 3.18. The van der Waals surface area contributed by atoms with Gasteiger partial charge in [-0.05, 0) is 55.8 Å². The van der Waals surface area contributed by atoms with E-state index < -0.39 is 0 Å². The van der Waals surface area contributed by atoms with Crippen molar-refractivity contribution in [3.05, 3.63) is 12.2 Å². The Morgan fingerprint density at radius 2 is 1.09 bits per heavy atom. The van der Waals surface area contributed by atoms with Crippen LogP contribution in [0.15, 0.2) is 12.2 Å². The molecule has 4 unspecified atom stereocenters. The second-order valence-corrected chi connectivity index (χ2v) is 11.6. The molecule has 0 spiro atoms. The van der Waals surface area contributed by atoms with E-state index in [2.05, 4.69) is 20.8 Å². The van der Waals surface area contributed by atoms with Gasteiger partial charge in [0.05, 0.1) is 0 Å². The van der Waals surface area contributed by atoms with Crippen LogP contribution in [0.3, 0.4) is 0 Å². The van der Waals surface area contributed by atoms with Crippen molar-refractivity contribution in [3.8, 4) is 0 Å². The molecule has 2 amide bonds. The maximum Gasteiger partial charge on any atom is 0.253 e. The predicted octanol–water partition coefficient (Wildman–Crippen LogP) is 9.25. The number of hydrogen-bond acceptors (Lipinski definition) is 2. The van der Waals surface area contributed by atoms with Gasteiger partial charge in [0, 0.05) is 18.7 Å². The summed E-state index contributed by atoms with van der Waals surface area (Å²) in [6.45, 7) is 7.71. The Hall–Kier alpha value is -1.12. The molecule has 0 saturated heterocycles. The van der Waals surface area contributed by atoms with Crippen LogP contribution in [0.4, 0.5) is 0 Å². The fourth-order valence-corrected chi connectivity index (χ4v) is 6.96. The van der Waals surface area contributed by atoms with E-state index in [9.17, 15) is 9.59 Å². The SMILES string of the molecule is CCCCCCCCC1C(CC)CCC(CCCCCCCCN2C(=O)C=CC2=O)C1CCCC. The van der Waals surface area contributed by atoms with Crippen molar-refractivity contribution in [2.24, 2.45) is 23.7 Å². The third kappa shape index (κ3) is 10.8. The lowest BCUT2D eigenvalue weighted by Crippen LogP contribution is -2.35. The summed E-state index contributed by atoms with van der Waals surface area (Å²) in [6, 6.07) is 0. The van der Waals surface area contributed by atoms with E-state index >= 15 is 0 Å². The number of unbranched alkanes of at least 4 members (excludes halogenated alkanes) is 11. The summed E-state index contributed by atoms with van der Waals surface area (Å²) in [5, 5.41) is 0. The Morgan fingerprint density at radius 1 is 0.600 bits per heavy atom. The van der Waals surface area contributed by atoms with E-state index in [0.29, 0.717) is 6.54 Å². The topological polar surface area (TPSA) is 37.4 Å². The predicted molar refractivity (Wildman–Crippen MR) is 149 cm³/mol. The zero-order valence-corrected chi connectivity index (χ0v) is 23.6. The van der Waals surface area contributed by atoms with Gasteiger partial charge < -0.3 is 0 Å². The van der Waals surface area contributed by atoms with Gasteiger partial charge in [-0.3, -0.25) is 14.5 Å². The van der Waals surface area contributed by atoms with E-state index in [4.69, 9.17) is 0 Å². The lowest BCUT2D eigenvalue weighted by molar-refractivity contribution is -0.136. The summed E-state index contributed by atoms with van der Waals surface area (Å²) in [6.07, 6.45) is 30.2. The largest absolute Gasteiger partial charge is 0.275 e. The Kier molecular flexibility index (Phi) is 15.6. The third-order valence-electron chi connectivity index (χ3n) is 9.08. The number of imide groups is 1. The molecule has 3 heteroatoms. The van der Waals surface area contributed by atoms with Crippen LogP contribution in [-0.2, 0) is 9.59 Å². The van der Waals surface area contributed by atoms with Gasteiger partial charge in [0.1, 0.15) is 0 Å². The van der Waals surface area contributed by atoms with Crippen LogP contribution < -0.4 is 0 Å². The molecular formula is C32H57NO2. The fraction of sp³-hybridized carbons (Fsp3) is 0.875. The molecule has 0 N–H and O–H groups in total. The van der Waals surface area contributed by atoms with Crippen LogP contribution in [0, 0.1) is 23.7 Å². The summed E-state index contributed by atoms with van der Waals surface area (Å²) in [4.78, 5) is 24.6. The molecule has 35 heavy (non-hydrogen) atoms. The van der Waals surface area contributed by atoms with Gasteiger partial charge in [0.2, 0.25) is 0 Å². The lowest BCUT2D eigenvalue weighted by atomic mass is 9.61. The average molecular weight is 488 g/mol. The number of nitrogens with zero attached hydrogens (tertiary/aromatic N) is 1. The minimum absolute atomic E-state index is 0.139. The molecule has 1 aliphatic carbocycles. The van der Waals surface area contributed by atoms with Crippen molar-refractivity contribution in [1.82, 2.24) is 4.90 Å². The molecule has 2 aliphatic rings. The maximum absolute atomic E-state index is 11.6. The molecule has 202 valence electrons. The Balaban J connectivity index is 1.68. The first-order valence-corrected chi connectivity index (χ1v) is 15.7. The third-order valence-corrected chi connectivity index (χ3v) is 9.08. The lowest BCUT2D eigenvalue weighted by Gasteiger charge is -2.44. The van der Waals surface area contributed by atoms with Gasteiger partial charge in [0.25, 0.3) is 11.8 Å². The normalized spacial score (nSPS) is 24.6. The van der Waals surface area contributed by atoms with Gasteiger partial charge in [-0.1, -0.05) is 117 Å². The number of hydrogen-bond donors (Lipinski definition) is 0. The molecule has 0 bridgehead atoms. The number of amides is 2. The highest BCUT2D eigenvalue weighted by atomic mass is 16.2. The zero-order chi connectivity index (χ0) is 25.3. The number of carbonyl (C=O) groups excluding carboxylic acids is 2. The summed E-state index contributed by atoms with van der Waals surface area (Å²) < 4.78 is 0. The highest BCUT2D eigenvalue weighted by molar-refractivity contribution is 6.12. The Bertz CT molecular complexity index is 595. The van der Waals surface area contributed by atoms with Gasteiger partial charge in [-0.15, -0.1) is 0 Å². The highest BCUT2D eigenvalue weighted by Gasteiger charge is 2.37. The maximum atomic E-state index is 11.6. The summed E-state index contributed by atoms with van der Waals surface area (Å²) in [7, 11) is 0. The smallest absolute Gasteiger partial charge is 0.253 e. The quantitative estimate of drug-likeness (QED) is 0.127. The first-order valence-electron chi connectivity index (χ1n) is 15.7. The van der Waals surface area contributed by atoms with Gasteiger partial charge in [-0.25, -0.2) is 0 Å². The minimum Gasteiger partial charge on any atom is -0.275 e. The molecule has 1 aliphatic heterocycles. The zero-order valence-electron chi connectivity index (χ0n) is 23.6. The van der Waals surface area contributed by atoms with Gasteiger partial charge in [-0.2, -0.15) is 0 Å². The van der Waals surface area contributed by atoms with E-state index in [-0.39, 0.29) is 11.8 Å². The van der Waals surface area contributed by atoms with Gasteiger partial charge in [0.15, 0.2) is 0 Å². The minimum atomic E-state index is -0.139. The van der Waals surface area contributed by atoms with E-state index in [0.717, 1.165) is 36.5 Å². The van der Waals surface area contributed by atoms with Crippen molar-refractivity contribution in [3.63, 3.8) is 0 Å². The van der Waals surface area contributed by atoms with Crippen molar-refractivity contribution < 1.29 is 9.59 Å². The monoisotopic (exact) mass is 487 g/mol. The molecular weight excluding hydrogens is 430 g/mol. The van der Waals surface area contributed by atoms with E-state index in [1.807, 2.05) is 0 Å². The van der Waals surface area contributed by atoms with Crippen LogP contribution in [-0.4, -0.2) is 23.3 Å². The van der Waals surface area contributed by atoms with Crippen LogP contribution in [0.2, 0.25) is 0 Å². The molecule has 2 rings (SSSR count). The second-order valence-electron chi connectivity index (χ2n) is 11.6. The molecule has 1 fully saturated rings. The molecule has 0 radical (unpaired) electrons. The van der Waals surface area contributed by atoms with Crippen LogP contribution in [0.25, 0.3) is 0 Å². The Morgan fingerprint density at radius 3 is 1.71 bits per heavy atom. The Labute approximate surface area is 217 Å². The fourth-order valence-electron chi connectivity index (χ4n) is 6.96. The molecule has 1 saturated carbocycles. The standard InChI is InChI=1S/C32H57NO2/c1-4-7-9-10-14-17-21-29-27(6-3)22-23-28(30(29)20-8-5-2)19-16-13-11-12-15-18-26-33-31(34)24-25-32(33)35/h24-25,27-30H,4-23,26H2,1-3H3. The molecule has 0 aromatic carbocycles. The molecule has 0 aromatic heterocycles. The highest BCUT2D eigenvalue weighted by Crippen LogP contribution is 2.47. The van der Waals surface area contributed by atoms with Crippen molar-refractivity contribution >= 4 is 11.8 Å².